The molecule has 4 saturated carbocycles. The van der Waals surface area contributed by atoms with Crippen LogP contribution in [-0.2, 0) is 11.3 Å². The van der Waals surface area contributed by atoms with E-state index in [-0.39, 0.29) is 12.5 Å². The highest BCUT2D eigenvalue weighted by atomic mass is 79.9. The van der Waals surface area contributed by atoms with Gasteiger partial charge in [0.05, 0.1) is 11.1 Å². The van der Waals surface area contributed by atoms with E-state index in [1.165, 1.54) is 37.7 Å². The quantitative estimate of drug-likeness (QED) is 0.415. The van der Waals surface area contributed by atoms with Crippen molar-refractivity contribution in [3.05, 3.63) is 52.0 Å². The predicted octanol–water partition coefficient (Wildman–Crippen LogP) is 6.09. The van der Waals surface area contributed by atoms with E-state index in [1.807, 2.05) is 44.2 Å². The first-order valence-electron chi connectivity index (χ1n) is 12.7. The number of anilines is 1. The van der Waals surface area contributed by atoms with E-state index in [9.17, 15) is 4.79 Å². The Labute approximate surface area is 211 Å². The summed E-state index contributed by atoms with van der Waals surface area (Å²) in [6, 6.07) is 12.5. The molecule has 4 aliphatic carbocycles. The smallest absolute Gasteiger partial charge is 0.262 e. The highest BCUT2D eigenvalue weighted by molar-refractivity contribution is 9.10. The molecule has 4 fully saturated rings. The maximum atomic E-state index is 12.4. The third kappa shape index (κ3) is 5.28. The molecule has 2 aromatic rings. The molecule has 0 radical (unpaired) electrons. The number of halogens is 1. The van der Waals surface area contributed by atoms with Crippen LogP contribution in [0, 0.1) is 30.6 Å². The van der Waals surface area contributed by atoms with E-state index in [0.29, 0.717) is 24.1 Å². The monoisotopic (exact) mass is 526 g/mol. The van der Waals surface area contributed by atoms with Gasteiger partial charge < -0.3 is 20.1 Å². The molecular weight excluding hydrogens is 492 g/mol. The zero-order valence-electron chi connectivity index (χ0n) is 20.1. The lowest BCUT2D eigenvalue weighted by molar-refractivity contribution is -0.118. The largest absolute Gasteiger partial charge is 0.490 e. The summed E-state index contributed by atoms with van der Waals surface area (Å²) in [5, 5.41) is 6.77. The summed E-state index contributed by atoms with van der Waals surface area (Å²) in [6.45, 7) is 5.24. The van der Waals surface area contributed by atoms with Gasteiger partial charge in [0.25, 0.3) is 5.91 Å². The molecule has 0 aliphatic heterocycles. The molecule has 2 N–H and O–H groups in total. The van der Waals surface area contributed by atoms with Crippen LogP contribution in [0.2, 0.25) is 0 Å². The number of carbonyl (C=O) groups excluding carboxylic acids is 1. The fourth-order valence-corrected chi connectivity index (χ4v) is 7.20. The molecule has 0 saturated heterocycles. The first-order chi connectivity index (χ1) is 16.5. The fourth-order valence-electron chi connectivity index (χ4n) is 6.59. The summed E-state index contributed by atoms with van der Waals surface area (Å²) in [5.74, 6) is 4.70. The lowest BCUT2D eigenvalue weighted by atomic mass is 9.54. The van der Waals surface area contributed by atoms with Crippen LogP contribution in [0.25, 0.3) is 0 Å². The van der Waals surface area contributed by atoms with E-state index < -0.39 is 0 Å². The van der Waals surface area contributed by atoms with Crippen LogP contribution in [-0.4, -0.2) is 25.2 Å². The topological polar surface area (TPSA) is 59.6 Å². The van der Waals surface area contributed by atoms with Gasteiger partial charge in [0.1, 0.15) is 0 Å². The van der Waals surface area contributed by atoms with Crippen LogP contribution in [0.3, 0.4) is 0 Å². The van der Waals surface area contributed by atoms with Crippen molar-refractivity contribution in [2.24, 2.45) is 23.7 Å². The number of hydrogen-bond donors (Lipinski definition) is 2. The van der Waals surface area contributed by atoms with E-state index in [0.717, 1.165) is 45.9 Å². The molecule has 0 atom stereocenters. The number of nitrogens with one attached hydrogen (secondary N) is 2. The van der Waals surface area contributed by atoms with E-state index in [4.69, 9.17) is 9.47 Å². The predicted molar refractivity (Wildman–Crippen MR) is 138 cm³/mol. The van der Waals surface area contributed by atoms with Gasteiger partial charge in [-0.2, -0.15) is 0 Å². The van der Waals surface area contributed by atoms with Crippen LogP contribution < -0.4 is 20.1 Å². The van der Waals surface area contributed by atoms with Crippen molar-refractivity contribution in [1.29, 1.82) is 0 Å². The molecule has 0 heterocycles. The molecular formula is C28H35BrN2O3. The molecule has 2 aromatic carbocycles. The van der Waals surface area contributed by atoms with Crippen LogP contribution in [0.5, 0.6) is 11.5 Å². The molecule has 4 aliphatic rings. The molecule has 6 rings (SSSR count). The van der Waals surface area contributed by atoms with Gasteiger partial charge in [-0.15, -0.1) is 0 Å². The standard InChI is InChI=1S/C28H35BrN2O3/c1-3-33-25-14-20(15-30-27-21-9-18-8-19(11-21)12-22(27)10-18)13-24(29)28(25)34-16-26(32)31-23-6-4-17(2)5-7-23/h4-7,13-14,18-19,21-22,27,30H,3,8-12,15-16H2,1-2H3,(H,31,32). The fraction of sp³-hybridized carbons (Fsp3) is 0.536. The van der Waals surface area contributed by atoms with Crippen molar-refractivity contribution >= 4 is 27.5 Å². The molecule has 34 heavy (non-hydrogen) atoms. The summed E-state index contributed by atoms with van der Waals surface area (Å²) in [7, 11) is 0. The summed E-state index contributed by atoms with van der Waals surface area (Å²) >= 11 is 3.66. The average molecular weight is 528 g/mol. The Morgan fingerprint density at radius 1 is 1.00 bits per heavy atom. The average Bonchev–Trinajstić information content (AvgIpc) is 2.79. The molecule has 4 bridgehead atoms. The highest BCUT2D eigenvalue weighted by Crippen LogP contribution is 2.53. The van der Waals surface area contributed by atoms with Gasteiger partial charge in [-0.05, 0) is 115 Å². The van der Waals surface area contributed by atoms with Crippen LogP contribution >= 0.6 is 15.9 Å². The van der Waals surface area contributed by atoms with Crippen molar-refractivity contribution in [1.82, 2.24) is 5.32 Å². The second-order valence-corrected chi connectivity index (χ2v) is 11.2. The minimum Gasteiger partial charge on any atom is -0.490 e. The maximum absolute atomic E-state index is 12.4. The van der Waals surface area contributed by atoms with Crippen LogP contribution in [0.15, 0.2) is 40.9 Å². The third-order valence-electron chi connectivity index (χ3n) is 7.82. The molecule has 182 valence electrons. The number of amides is 1. The van der Waals surface area contributed by atoms with Gasteiger partial charge in [0.15, 0.2) is 18.1 Å². The van der Waals surface area contributed by atoms with Gasteiger partial charge in [-0.1, -0.05) is 17.7 Å². The third-order valence-corrected chi connectivity index (χ3v) is 8.41. The lowest BCUT2D eigenvalue weighted by Crippen LogP contribution is -2.54. The number of hydrogen-bond acceptors (Lipinski definition) is 4. The van der Waals surface area contributed by atoms with Crippen molar-refractivity contribution < 1.29 is 14.3 Å². The van der Waals surface area contributed by atoms with Crippen molar-refractivity contribution in [3.63, 3.8) is 0 Å². The summed E-state index contributed by atoms with van der Waals surface area (Å²) in [5.41, 5.74) is 3.08. The summed E-state index contributed by atoms with van der Waals surface area (Å²) in [6.07, 6.45) is 7.13. The van der Waals surface area contributed by atoms with Gasteiger partial charge in [0, 0.05) is 18.3 Å². The first kappa shape index (κ1) is 23.7. The number of aryl methyl sites for hydroxylation is 1. The molecule has 6 heteroatoms. The van der Waals surface area contributed by atoms with Gasteiger partial charge in [0.2, 0.25) is 0 Å². The SMILES string of the molecule is CCOc1cc(CNC2C3CC4CC(C3)CC2C4)cc(Br)c1OCC(=O)Nc1ccc(C)cc1. The Morgan fingerprint density at radius 2 is 1.68 bits per heavy atom. The van der Waals surface area contributed by atoms with E-state index in [1.54, 1.807) is 0 Å². The van der Waals surface area contributed by atoms with Gasteiger partial charge >= 0.3 is 0 Å². The zero-order valence-corrected chi connectivity index (χ0v) is 21.7. The maximum Gasteiger partial charge on any atom is 0.262 e. The van der Waals surface area contributed by atoms with Gasteiger partial charge in [-0.3, -0.25) is 4.79 Å². The Balaban J connectivity index is 1.21. The zero-order chi connectivity index (χ0) is 23.7. The first-order valence-corrected chi connectivity index (χ1v) is 13.5. The van der Waals surface area contributed by atoms with E-state index >= 15 is 0 Å². The molecule has 1 amide bonds. The molecule has 5 nitrogen and oxygen atoms in total. The Bertz CT molecular complexity index is 995. The number of ether oxygens (including phenoxy) is 2. The Morgan fingerprint density at radius 3 is 2.32 bits per heavy atom. The number of rotatable bonds is 9. The highest BCUT2D eigenvalue weighted by Gasteiger charge is 2.47. The summed E-state index contributed by atoms with van der Waals surface area (Å²) in [4.78, 5) is 12.4. The molecule has 0 unspecified atom stereocenters. The second kappa shape index (κ2) is 10.3. The normalized spacial score (nSPS) is 27.0. The Hall–Kier alpha value is -2.05. The number of benzene rings is 2. The lowest BCUT2D eigenvalue weighted by Gasteiger charge is -2.54. The van der Waals surface area contributed by atoms with Crippen LogP contribution in [0.4, 0.5) is 5.69 Å². The van der Waals surface area contributed by atoms with Gasteiger partial charge in [-0.25, -0.2) is 0 Å². The number of carbonyl (C=O) groups is 1. The Kier molecular flexibility index (Phi) is 7.16. The van der Waals surface area contributed by atoms with Crippen molar-refractivity contribution in [3.8, 4) is 11.5 Å². The van der Waals surface area contributed by atoms with E-state index in [2.05, 4.69) is 32.6 Å². The minimum atomic E-state index is -0.203. The second-order valence-electron chi connectivity index (χ2n) is 10.4. The van der Waals surface area contributed by atoms with Crippen LogP contribution in [0.1, 0.15) is 50.2 Å². The molecule has 0 aromatic heterocycles. The minimum absolute atomic E-state index is 0.0854. The van der Waals surface area contributed by atoms with Crippen molar-refractivity contribution in [2.45, 2.75) is 58.5 Å². The summed E-state index contributed by atoms with van der Waals surface area (Å²) < 4.78 is 12.6. The molecule has 0 spiro atoms. The van der Waals surface area contributed by atoms with Crippen molar-refractivity contribution in [2.75, 3.05) is 18.5 Å².